The van der Waals surface area contributed by atoms with Gasteiger partial charge in [-0.25, -0.2) is 0 Å². The van der Waals surface area contributed by atoms with Crippen LogP contribution in [0, 0.1) is 6.92 Å². The molecule has 0 bridgehead atoms. The van der Waals surface area contributed by atoms with Crippen molar-refractivity contribution in [3.8, 4) is 0 Å². The molecule has 1 aromatic carbocycles. The van der Waals surface area contributed by atoms with E-state index in [1.165, 1.54) is 0 Å². The molecule has 1 unspecified atom stereocenters. The van der Waals surface area contributed by atoms with Crippen LogP contribution >= 0.6 is 0 Å². The van der Waals surface area contributed by atoms with Gasteiger partial charge in [-0.3, -0.25) is 0 Å². The van der Waals surface area contributed by atoms with E-state index in [-0.39, 0.29) is 6.61 Å². The molecule has 3 heteroatoms. The Labute approximate surface area is 101 Å². The summed E-state index contributed by atoms with van der Waals surface area (Å²) in [6.07, 6.45) is 0. The quantitative estimate of drug-likeness (QED) is 0.884. The summed E-state index contributed by atoms with van der Waals surface area (Å²) in [6, 6.07) is 7.83. The lowest BCUT2D eigenvalue weighted by molar-refractivity contribution is -0.0470. The molecule has 1 aromatic heterocycles. The van der Waals surface area contributed by atoms with Crippen LogP contribution < -0.4 is 0 Å². The lowest BCUT2D eigenvalue weighted by Gasteiger charge is -2.19. The van der Waals surface area contributed by atoms with Crippen molar-refractivity contribution in [3.05, 3.63) is 35.6 Å². The molecule has 92 valence electrons. The van der Waals surface area contributed by atoms with Crippen LogP contribution in [0.25, 0.3) is 11.0 Å². The Balaban J connectivity index is 2.39. The third kappa shape index (κ3) is 2.35. The number of rotatable bonds is 4. The number of hydrogen-bond donors (Lipinski definition) is 1. The van der Waals surface area contributed by atoms with Gasteiger partial charge in [-0.05, 0) is 32.4 Å². The van der Waals surface area contributed by atoms with Crippen molar-refractivity contribution in [1.82, 2.24) is 0 Å². The van der Waals surface area contributed by atoms with Crippen LogP contribution in [0.15, 0.2) is 28.7 Å². The summed E-state index contributed by atoms with van der Waals surface area (Å²) in [4.78, 5) is 0. The molecule has 0 amide bonds. The Morgan fingerprint density at radius 3 is 2.82 bits per heavy atom. The van der Waals surface area contributed by atoms with Gasteiger partial charge in [0, 0.05) is 12.0 Å². The van der Waals surface area contributed by atoms with E-state index in [1.807, 2.05) is 38.1 Å². The van der Waals surface area contributed by atoms with Crippen molar-refractivity contribution in [2.45, 2.75) is 26.4 Å². The van der Waals surface area contributed by atoms with Crippen LogP contribution in [0.1, 0.15) is 25.2 Å². The van der Waals surface area contributed by atoms with E-state index in [2.05, 4.69) is 0 Å². The van der Waals surface area contributed by atoms with E-state index >= 15 is 0 Å². The van der Waals surface area contributed by atoms with Crippen molar-refractivity contribution >= 4 is 11.0 Å². The third-order valence-electron chi connectivity index (χ3n) is 2.86. The zero-order valence-corrected chi connectivity index (χ0v) is 10.5. The van der Waals surface area contributed by atoms with Crippen LogP contribution in [0.4, 0.5) is 0 Å². The highest BCUT2D eigenvalue weighted by Crippen LogP contribution is 2.29. The topological polar surface area (TPSA) is 42.6 Å². The summed E-state index contributed by atoms with van der Waals surface area (Å²) in [5.74, 6) is 0.551. The highest BCUT2D eigenvalue weighted by molar-refractivity contribution is 5.81. The van der Waals surface area contributed by atoms with Gasteiger partial charge in [0.1, 0.15) is 16.9 Å². The average molecular weight is 234 g/mol. The second kappa shape index (κ2) is 4.51. The smallest absolute Gasteiger partial charge is 0.142 e. The molecule has 2 rings (SSSR count). The zero-order valence-electron chi connectivity index (χ0n) is 10.5. The van der Waals surface area contributed by atoms with Gasteiger partial charge in [0.05, 0.1) is 6.61 Å². The summed E-state index contributed by atoms with van der Waals surface area (Å²) in [6.45, 7) is 6.42. The van der Waals surface area contributed by atoms with Crippen molar-refractivity contribution in [3.63, 3.8) is 0 Å². The summed E-state index contributed by atoms with van der Waals surface area (Å²) in [5.41, 5.74) is 0.821. The van der Waals surface area contributed by atoms with Crippen molar-refractivity contribution in [2.75, 3.05) is 13.2 Å². The Morgan fingerprint density at radius 2 is 2.18 bits per heavy atom. The minimum atomic E-state index is -1.08. The number of benzene rings is 1. The number of furan rings is 1. The van der Waals surface area contributed by atoms with Gasteiger partial charge >= 0.3 is 0 Å². The lowest BCUT2D eigenvalue weighted by Crippen LogP contribution is -2.27. The Hall–Kier alpha value is -1.32. The molecule has 1 N–H and O–H groups in total. The first-order valence-corrected chi connectivity index (χ1v) is 5.84. The van der Waals surface area contributed by atoms with Gasteiger partial charge in [-0.2, -0.15) is 0 Å². The summed E-state index contributed by atoms with van der Waals surface area (Å²) >= 11 is 0. The maximum atomic E-state index is 10.3. The highest BCUT2D eigenvalue weighted by atomic mass is 16.5. The van der Waals surface area contributed by atoms with Gasteiger partial charge < -0.3 is 14.3 Å². The molecule has 0 aliphatic rings. The van der Waals surface area contributed by atoms with Crippen LogP contribution in [0.2, 0.25) is 0 Å². The lowest BCUT2D eigenvalue weighted by atomic mass is 10.0. The van der Waals surface area contributed by atoms with Crippen LogP contribution in [-0.2, 0) is 10.3 Å². The van der Waals surface area contributed by atoms with Gasteiger partial charge in [0.25, 0.3) is 0 Å². The maximum absolute atomic E-state index is 10.3. The Kier molecular flexibility index (Phi) is 3.22. The SMILES string of the molecule is CCOCC(C)(O)c1cc2cccc(C)c2o1. The predicted octanol–water partition coefficient (Wildman–Crippen LogP) is 2.99. The van der Waals surface area contributed by atoms with E-state index in [0.29, 0.717) is 12.4 Å². The molecule has 0 aliphatic carbocycles. The Bertz CT molecular complexity index is 511. The maximum Gasteiger partial charge on any atom is 0.142 e. The molecule has 1 heterocycles. The molecule has 0 spiro atoms. The first-order chi connectivity index (χ1) is 8.04. The molecule has 0 radical (unpaired) electrons. The molecule has 2 aromatic rings. The minimum absolute atomic E-state index is 0.238. The van der Waals surface area contributed by atoms with Crippen molar-refractivity contribution < 1.29 is 14.3 Å². The summed E-state index contributed by atoms with van der Waals surface area (Å²) in [7, 11) is 0. The fraction of sp³-hybridized carbons (Fsp3) is 0.429. The molecule has 0 saturated heterocycles. The largest absolute Gasteiger partial charge is 0.458 e. The normalized spacial score (nSPS) is 15.1. The number of aliphatic hydroxyl groups is 1. The first-order valence-electron chi connectivity index (χ1n) is 5.84. The summed E-state index contributed by atoms with van der Waals surface area (Å²) < 4.78 is 11.0. The number of fused-ring (bicyclic) bond motifs is 1. The highest BCUT2D eigenvalue weighted by Gasteiger charge is 2.27. The van der Waals surface area contributed by atoms with E-state index in [4.69, 9.17) is 9.15 Å². The predicted molar refractivity (Wildman–Crippen MR) is 67.0 cm³/mol. The first kappa shape index (κ1) is 12.1. The monoisotopic (exact) mass is 234 g/mol. The van der Waals surface area contributed by atoms with E-state index in [9.17, 15) is 5.11 Å². The van der Waals surface area contributed by atoms with Crippen molar-refractivity contribution in [2.24, 2.45) is 0 Å². The second-order valence-corrected chi connectivity index (χ2v) is 4.51. The molecule has 3 nitrogen and oxygen atoms in total. The average Bonchev–Trinajstić information content (AvgIpc) is 2.72. The number of hydrogen-bond acceptors (Lipinski definition) is 3. The van der Waals surface area contributed by atoms with Gasteiger partial charge in [-0.15, -0.1) is 0 Å². The number of aryl methyl sites for hydroxylation is 1. The van der Waals surface area contributed by atoms with Gasteiger partial charge in [0.15, 0.2) is 0 Å². The van der Waals surface area contributed by atoms with Gasteiger partial charge in [0.2, 0.25) is 0 Å². The van der Waals surface area contributed by atoms with Crippen LogP contribution in [-0.4, -0.2) is 18.3 Å². The minimum Gasteiger partial charge on any atom is -0.458 e. The molecule has 0 aliphatic heterocycles. The number of ether oxygens (including phenoxy) is 1. The second-order valence-electron chi connectivity index (χ2n) is 4.51. The molecule has 0 saturated carbocycles. The van der Waals surface area contributed by atoms with Gasteiger partial charge in [-0.1, -0.05) is 18.2 Å². The van der Waals surface area contributed by atoms with E-state index in [0.717, 1.165) is 16.5 Å². The fourth-order valence-corrected chi connectivity index (χ4v) is 1.85. The number of para-hydroxylation sites is 1. The molecule has 0 fully saturated rings. The molecule has 17 heavy (non-hydrogen) atoms. The van der Waals surface area contributed by atoms with Crippen molar-refractivity contribution in [1.29, 1.82) is 0 Å². The Morgan fingerprint density at radius 1 is 1.41 bits per heavy atom. The van der Waals surface area contributed by atoms with E-state index in [1.54, 1.807) is 6.92 Å². The fourth-order valence-electron chi connectivity index (χ4n) is 1.85. The molecular formula is C14H18O3. The molecular weight excluding hydrogens is 216 g/mol. The zero-order chi connectivity index (χ0) is 12.5. The van der Waals surface area contributed by atoms with Crippen LogP contribution in [0.5, 0.6) is 0 Å². The standard InChI is InChI=1S/C14H18O3/c1-4-16-9-14(3,15)12-8-11-7-5-6-10(2)13(11)17-12/h5-8,15H,4,9H2,1-3H3. The summed E-state index contributed by atoms with van der Waals surface area (Å²) in [5, 5.41) is 11.3. The van der Waals surface area contributed by atoms with E-state index < -0.39 is 5.60 Å². The molecule has 1 atom stereocenters. The van der Waals surface area contributed by atoms with Crippen LogP contribution in [0.3, 0.4) is 0 Å². The third-order valence-corrected chi connectivity index (χ3v) is 2.86.